The van der Waals surface area contributed by atoms with Gasteiger partial charge in [-0.05, 0) is 42.9 Å². The van der Waals surface area contributed by atoms with Crippen molar-refractivity contribution in [2.45, 2.75) is 18.9 Å². The van der Waals surface area contributed by atoms with Crippen molar-refractivity contribution in [2.24, 2.45) is 15.7 Å². The van der Waals surface area contributed by atoms with Crippen LogP contribution in [0.5, 0.6) is 0 Å². The zero-order valence-electron chi connectivity index (χ0n) is 18.5. The normalized spacial score (nSPS) is 12.9. The summed E-state index contributed by atoms with van der Waals surface area (Å²) < 4.78 is 21.1. The minimum atomic E-state index is -0.538. The third-order valence-electron chi connectivity index (χ3n) is 5.05. The quantitative estimate of drug-likeness (QED) is 0.141. The van der Waals surface area contributed by atoms with Crippen molar-refractivity contribution < 1.29 is 9.13 Å². The lowest BCUT2D eigenvalue weighted by Gasteiger charge is -2.12. The number of aliphatic imine (C=N–C) groups is 2. The van der Waals surface area contributed by atoms with E-state index < -0.39 is 5.82 Å². The third-order valence-corrected chi connectivity index (χ3v) is 5.18. The molecular weight excluding hydrogens is 437 g/mol. The molecule has 6 nitrogen and oxygen atoms in total. The van der Waals surface area contributed by atoms with Crippen LogP contribution in [0.2, 0.25) is 0 Å². The number of ether oxygens (including phenoxy) is 1. The van der Waals surface area contributed by atoms with E-state index >= 15 is 4.39 Å². The SMILES string of the molecule is C=NC(=Nc1c(CCC=CC(N)CNC)cnc(-c2cccc3ccccc23)c1F)OCS. The lowest BCUT2D eigenvalue weighted by molar-refractivity contribution is 0.377. The Balaban J connectivity index is 2.04. The molecule has 0 aliphatic rings. The topological polar surface area (TPSA) is 84.9 Å². The molecule has 3 aromatic rings. The number of amidine groups is 1. The summed E-state index contributed by atoms with van der Waals surface area (Å²) in [6.07, 6.45) is 6.73. The van der Waals surface area contributed by atoms with Crippen LogP contribution in [0, 0.1) is 5.82 Å². The number of nitrogens with zero attached hydrogens (tertiary/aromatic N) is 3. The van der Waals surface area contributed by atoms with Gasteiger partial charge in [0, 0.05) is 24.3 Å². The molecule has 1 aromatic heterocycles. The van der Waals surface area contributed by atoms with Gasteiger partial charge in [-0.1, -0.05) is 54.6 Å². The van der Waals surface area contributed by atoms with Gasteiger partial charge in [0.15, 0.2) is 5.82 Å². The molecule has 33 heavy (non-hydrogen) atoms. The van der Waals surface area contributed by atoms with Gasteiger partial charge in [-0.2, -0.15) is 4.99 Å². The second-order valence-electron chi connectivity index (χ2n) is 7.34. The van der Waals surface area contributed by atoms with Crippen LogP contribution in [-0.2, 0) is 11.2 Å². The fourth-order valence-electron chi connectivity index (χ4n) is 3.52. The molecule has 1 unspecified atom stereocenters. The summed E-state index contributed by atoms with van der Waals surface area (Å²) in [4.78, 5) is 12.5. The fourth-order valence-corrected chi connectivity index (χ4v) is 3.63. The first-order valence-electron chi connectivity index (χ1n) is 10.6. The van der Waals surface area contributed by atoms with Crippen LogP contribution in [0.3, 0.4) is 0 Å². The van der Waals surface area contributed by atoms with Crippen LogP contribution in [0.4, 0.5) is 10.1 Å². The summed E-state index contributed by atoms with van der Waals surface area (Å²) in [5.41, 5.74) is 7.65. The van der Waals surface area contributed by atoms with Crippen LogP contribution in [0.15, 0.2) is 70.8 Å². The molecule has 0 bridgehead atoms. The van der Waals surface area contributed by atoms with Gasteiger partial charge in [0.2, 0.25) is 0 Å². The zero-order chi connectivity index (χ0) is 23.6. The largest absolute Gasteiger partial charge is 0.453 e. The standard InChI is InChI=1S/C25H28FN5OS/c1-28-15-19(27)11-5-3-9-18-14-30-24(22(26)23(18)31-25(29-2)32-16-33)21-13-7-10-17-8-4-6-12-20(17)21/h4-8,10-14,19,28,33H,2-3,9,15-16,27H2,1H3. The van der Waals surface area contributed by atoms with Gasteiger partial charge >= 0.3 is 6.02 Å². The average Bonchev–Trinajstić information content (AvgIpc) is 2.83. The summed E-state index contributed by atoms with van der Waals surface area (Å²) in [7, 11) is 1.85. The van der Waals surface area contributed by atoms with E-state index in [4.69, 9.17) is 10.5 Å². The van der Waals surface area contributed by atoms with Crippen LogP contribution in [0.1, 0.15) is 12.0 Å². The summed E-state index contributed by atoms with van der Waals surface area (Å²) in [6.45, 7) is 4.14. The summed E-state index contributed by atoms with van der Waals surface area (Å²) in [6, 6.07) is 13.4. The number of hydrogen-bond donors (Lipinski definition) is 3. The molecule has 0 saturated carbocycles. The Morgan fingerprint density at radius 3 is 2.85 bits per heavy atom. The van der Waals surface area contributed by atoms with Crippen molar-refractivity contribution in [2.75, 3.05) is 19.5 Å². The maximum Gasteiger partial charge on any atom is 0.317 e. The number of rotatable bonds is 9. The Morgan fingerprint density at radius 1 is 1.30 bits per heavy atom. The predicted octanol–water partition coefficient (Wildman–Crippen LogP) is 4.67. The average molecular weight is 466 g/mol. The maximum atomic E-state index is 15.9. The highest BCUT2D eigenvalue weighted by molar-refractivity contribution is 7.80. The number of likely N-dealkylation sites (N-methyl/N-ethyl adjacent to an activating group) is 1. The van der Waals surface area contributed by atoms with E-state index in [-0.39, 0.29) is 29.4 Å². The van der Waals surface area contributed by atoms with Crippen molar-refractivity contribution in [1.29, 1.82) is 0 Å². The van der Waals surface area contributed by atoms with E-state index in [9.17, 15) is 0 Å². The Kier molecular flexibility index (Phi) is 9.12. The summed E-state index contributed by atoms with van der Waals surface area (Å²) in [5, 5.41) is 4.93. The first-order chi connectivity index (χ1) is 16.1. The van der Waals surface area contributed by atoms with Crippen LogP contribution in [-0.4, -0.2) is 43.3 Å². The maximum absolute atomic E-state index is 15.9. The Morgan fingerprint density at radius 2 is 2.09 bits per heavy atom. The number of aryl methyl sites for hydroxylation is 1. The van der Waals surface area contributed by atoms with Crippen LogP contribution >= 0.6 is 12.6 Å². The lowest BCUT2D eigenvalue weighted by atomic mass is 9.99. The Labute approximate surface area is 198 Å². The number of halogens is 1. The number of benzene rings is 2. The molecule has 2 aromatic carbocycles. The first kappa shape index (κ1) is 24.6. The molecule has 0 aliphatic carbocycles. The van der Waals surface area contributed by atoms with E-state index in [0.717, 1.165) is 10.8 Å². The second kappa shape index (κ2) is 12.2. The number of hydrogen-bond acceptors (Lipinski definition) is 6. The van der Waals surface area contributed by atoms with E-state index in [2.05, 4.69) is 39.6 Å². The molecule has 3 rings (SSSR count). The number of nitrogens with one attached hydrogen (secondary N) is 1. The highest BCUT2D eigenvalue weighted by Gasteiger charge is 2.18. The lowest BCUT2D eigenvalue weighted by Crippen LogP contribution is -2.29. The van der Waals surface area contributed by atoms with Crippen molar-refractivity contribution in [3.8, 4) is 11.3 Å². The van der Waals surface area contributed by atoms with Gasteiger partial charge in [-0.3, -0.25) is 4.98 Å². The Hall–Kier alpha value is -3.07. The molecule has 3 N–H and O–H groups in total. The highest BCUT2D eigenvalue weighted by Crippen LogP contribution is 2.35. The molecule has 8 heteroatoms. The number of allylic oxidation sites excluding steroid dienone is 1. The van der Waals surface area contributed by atoms with E-state index in [1.165, 1.54) is 0 Å². The molecule has 0 aliphatic heterocycles. The molecule has 0 fully saturated rings. The predicted molar refractivity (Wildman–Crippen MR) is 138 cm³/mol. The van der Waals surface area contributed by atoms with Crippen LogP contribution < -0.4 is 11.1 Å². The highest BCUT2D eigenvalue weighted by atomic mass is 32.1. The monoisotopic (exact) mass is 465 g/mol. The van der Waals surface area contributed by atoms with Crippen LogP contribution in [0.25, 0.3) is 22.0 Å². The van der Waals surface area contributed by atoms with Gasteiger partial charge in [-0.25, -0.2) is 9.38 Å². The minimum Gasteiger partial charge on any atom is -0.453 e. The molecular formula is C25H28FN5OS. The van der Waals surface area contributed by atoms with E-state index in [1.807, 2.05) is 61.7 Å². The number of fused-ring (bicyclic) bond motifs is 1. The molecule has 0 amide bonds. The van der Waals surface area contributed by atoms with Crippen molar-refractivity contribution in [3.63, 3.8) is 0 Å². The number of aromatic nitrogens is 1. The van der Waals surface area contributed by atoms with Crippen molar-refractivity contribution in [1.82, 2.24) is 10.3 Å². The smallest absolute Gasteiger partial charge is 0.317 e. The van der Waals surface area contributed by atoms with Gasteiger partial charge in [0.25, 0.3) is 0 Å². The zero-order valence-corrected chi connectivity index (χ0v) is 19.4. The molecule has 0 saturated heterocycles. The number of nitrogens with two attached hydrogens (primary N) is 1. The van der Waals surface area contributed by atoms with Gasteiger partial charge in [-0.15, -0.1) is 12.6 Å². The van der Waals surface area contributed by atoms with Gasteiger partial charge < -0.3 is 15.8 Å². The molecule has 172 valence electrons. The van der Waals surface area contributed by atoms with Crippen molar-refractivity contribution in [3.05, 3.63) is 72.2 Å². The third kappa shape index (κ3) is 6.25. The van der Waals surface area contributed by atoms with E-state index in [0.29, 0.717) is 30.5 Å². The molecule has 0 spiro atoms. The molecule has 1 heterocycles. The van der Waals surface area contributed by atoms with Gasteiger partial charge in [0.1, 0.15) is 17.3 Å². The van der Waals surface area contributed by atoms with Crippen molar-refractivity contribution >= 4 is 41.8 Å². The second-order valence-corrected chi connectivity index (χ2v) is 7.59. The fraction of sp³-hybridized carbons (Fsp3) is 0.240. The Bertz CT molecular complexity index is 1160. The molecule has 0 radical (unpaired) electrons. The minimum absolute atomic E-state index is 0.0438. The van der Waals surface area contributed by atoms with E-state index in [1.54, 1.807) is 6.20 Å². The van der Waals surface area contributed by atoms with Gasteiger partial charge in [0.05, 0.1) is 0 Å². The summed E-state index contributed by atoms with van der Waals surface area (Å²) >= 11 is 4.03. The first-order valence-corrected chi connectivity index (χ1v) is 11.2. The number of thiol groups is 1. The molecule has 1 atom stereocenters. The number of pyridine rings is 1. The summed E-state index contributed by atoms with van der Waals surface area (Å²) in [5.74, 6) is -0.494.